The molecule has 11 heteroatoms. The van der Waals surface area contributed by atoms with Gasteiger partial charge < -0.3 is 20.3 Å². The van der Waals surface area contributed by atoms with Crippen LogP contribution < -0.4 is 5.32 Å². The van der Waals surface area contributed by atoms with Crippen LogP contribution in [0.1, 0.15) is 20.7 Å². The first-order chi connectivity index (χ1) is 14.2. The molecule has 3 atom stereocenters. The van der Waals surface area contributed by atoms with Crippen molar-refractivity contribution in [3.8, 4) is 0 Å². The zero-order chi connectivity index (χ0) is 21.9. The van der Waals surface area contributed by atoms with E-state index in [2.05, 4.69) is 10.3 Å². The molecule has 2 heterocycles. The Bertz CT molecular complexity index is 911. The highest BCUT2D eigenvalue weighted by atomic mass is 35.5. The molecule has 2 aromatic rings. The molecule has 2 amide bonds. The number of nitrogens with one attached hydrogen (secondary N) is 1. The van der Waals surface area contributed by atoms with Gasteiger partial charge in [0.15, 0.2) is 0 Å². The first-order valence-corrected chi connectivity index (χ1v) is 9.63. The fourth-order valence-electron chi connectivity index (χ4n) is 3.05. The molecule has 1 aliphatic heterocycles. The van der Waals surface area contributed by atoms with Crippen molar-refractivity contribution in [1.29, 1.82) is 0 Å². The Balaban J connectivity index is 1.60. The summed E-state index contributed by atoms with van der Waals surface area (Å²) in [6.45, 7) is -1.12. The number of pyridine rings is 1. The van der Waals surface area contributed by atoms with Crippen molar-refractivity contribution in [2.45, 2.75) is 17.8 Å². The third-order valence-corrected chi connectivity index (χ3v) is 5.25. The highest BCUT2D eigenvalue weighted by Crippen LogP contribution is 2.27. The van der Waals surface area contributed by atoms with Crippen LogP contribution in [0.25, 0.3) is 0 Å². The van der Waals surface area contributed by atoms with Crippen LogP contribution in [0.4, 0.5) is 0 Å². The zero-order valence-electron chi connectivity index (χ0n) is 15.5. The molecule has 0 radical (unpaired) electrons. The minimum atomic E-state index is -1.93. The zero-order valence-corrected chi connectivity index (χ0v) is 17.0. The number of aliphatic hydroxyl groups excluding tert-OH is 1. The van der Waals surface area contributed by atoms with Crippen molar-refractivity contribution in [3.05, 3.63) is 63.9 Å². The van der Waals surface area contributed by atoms with Gasteiger partial charge in [-0.15, -0.1) is 0 Å². The van der Waals surface area contributed by atoms with Crippen molar-refractivity contribution in [2.24, 2.45) is 0 Å². The Morgan fingerprint density at radius 1 is 1.23 bits per heavy atom. The van der Waals surface area contributed by atoms with Crippen molar-refractivity contribution >= 4 is 35.0 Å². The second kappa shape index (κ2) is 9.25. The van der Waals surface area contributed by atoms with E-state index in [-0.39, 0.29) is 34.3 Å². The van der Waals surface area contributed by atoms with E-state index in [4.69, 9.17) is 27.9 Å². The maximum Gasteiger partial charge on any atom is 0.277 e. The van der Waals surface area contributed by atoms with Crippen LogP contribution in [0.5, 0.6) is 0 Å². The van der Waals surface area contributed by atoms with E-state index in [0.717, 1.165) is 0 Å². The van der Waals surface area contributed by atoms with Gasteiger partial charge in [-0.2, -0.15) is 0 Å². The summed E-state index contributed by atoms with van der Waals surface area (Å²) in [6, 6.07) is 7.98. The number of carbonyl (C=O) groups excluding carboxylic acids is 2. The third-order valence-electron chi connectivity index (χ3n) is 4.67. The number of hydrogen-bond donors (Lipinski definition) is 4. The molecule has 9 nitrogen and oxygen atoms in total. The number of rotatable bonds is 6. The summed E-state index contributed by atoms with van der Waals surface area (Å²) in [5, 5.41) is 34.2. The molecule has 0 bridgehead atoms. The van der Waals surface area contributed by atoms with Crippen molar-refractivity contribution in [1.82, 2.24) is 15.4 Å². The molecule has 0 spiro atoms. The van der Waals surface area contributed by atoms with Gasteiger partial charge in [0, 0.05) is 24.5 Å². The number of aromatic nitrogens is 1. The van der Waals surface area contributed by atoms with Gasteiger partial charge in [0.2, 0.25) is 0 Å². The van der Waals surface area contributed by atoms with Crippen LogP contribution in [-0.4, -0.2) is 74.8 Å². The average Bonchev–Trinajstić information content (AvgIpc) is 3.00. The summed E-state index contributed by atoms with van der Waals surface area (Å²) >= 11 is 11.9. The Hall–Kier alpha value is -2.27. The molecule has 4 N–H and O–H groups in total. The number of hydrogen-bond acceptors (Lipinski definition) is 7. The third kappa shape index (κ3) is 4.72. The van der Waals surface area contributed by atoms with Crippen molar-refractivity contribution in [2.75, 3.05) is 19.7 Å². The van der Waals surface area contributed by atoms with E-state index in [0.29, 0.717) is 5.06 Å². The second-order valence-electron chi connectivity index (χ2n) is 6.81. The molecule has 0 unspecified atom stereocenters. The van der Waals surface area contributed by atoms with E-state index >= 15 is 0 Å². The lowest BCUT2D eigenvalue weighted by molar-refractivity contribution is -0.133. The topological polar surface area (TPSA) is 132 Å². The Morgan fingerprint density at radius 2 is 1.87 bits per heavy atom. The standard InChI is InChI=1S/C19H19Cl2N3O6/c20-12-6-22-7-13(21)15(12)17(26)23-8-14-16(25)19(28,10-30-14)9-24(29)18(27)11-4-2-1-3-5-11/h1-7,14,16,25,28-29H,8-10H2,(H,23,26)/t14-,16-,19+/m1/s1. The molecule has 1 fully saturated rings. The molecule has 3 rings (SSSR count). The molecule has 1 saturated heterocycles. The summed E-state index contributed by atoms with van der Waals surface area (Å²) in [6.07, 6.45) is 0.0568. The lowest BCUT2D eigenvalue weighted by atomic mass is 9.96. The number of hydroxylamine groups is 2. The highest BCUT2D eigenvalue weighted by Gasteiger charge is 2.49. The number of halogens is 2. The van der Waals surface area contributed by atoms with Crippen LogP contribution in [0.2, 0.25) is 10.0 Å². The van der Waals surface area contributed by atoms with E-state index in [9.17, 15) is 25.0 Å². The van der Waals surface area contributed by atoms with E-state index in [1.54, 1.807) is 18.2 Å². The van der Waals surface area contributed by atoms with Crippen LogP contribution >= 0.6 is 23.2 Å². The van der Waals surface area contributed by atoms with Gasteiger partial charge >= 0.3 is 0 Å². The number of nitrogens with zero attached hydrogens (tertiary/aromatic N) is 2. The first-order valence-electron chi connectivity index (χ1n) is 8.88. The molecule has 0 aliphatic carbocycles. The summed E-state index contributed by atoms with van der Waals surface area (Å²) in [5.41, 5.74) is -1.70. The van der Waals surface area contributed by atoms with Crippen molar-refractivity contribution in [3.63, 3.8) is 0 Å². The highest BCUT2D eigenvalue weighted by molar-refractivity contribution is 6.39. The Labute approximate surface area is 181 Å². The molecule has 1 aromatic heterocycles. The second-order valence-corrected chi connectivity index (χ2v) is 7.63. The van der Waals surface area contributed by atoms with E-state index in [1.807, 2.05) is 0 Å². The molecule has 30 heavy (non-hydrogen) atoms. The van der Waals surface area contributed by atoms with Crippen LogP contribution in [0.15, 0.2) is 42.7 Å². The fraction of sp³-hybridized carbons (Fsp3) is 0.316. The molecular formula is C19H19Cl2N3O6. The van der Waals surface area contributed by atoms with Gasteiger partial charge in [0.1, 0.15) is 17.8 Å². The van der Waals surface area contributed by atoms with Gasteiger partial charge in [-0.05, 0) is 12.1 Å². The maximum atomic E-state index is 12.3. The minimum Gasteiger partial charge on any atom is -0.387 e. The van der Waals surface area contributed by atoms with Gasteiger partial charge in [0.05, 0.1) is 28.8 Å². The predicted octanol–water partition coefficient (Wildman–Crippen LogP) is 1.14. The molecule has 160 valence electrons. The smallest absolute Gasteiger partial charge is 0.277 e. The average molecular weight is 456 g/mol. The SMILES string of the molecule is O=C(NC[C@H]1OC[C@@](O)(CN(O)C(=O)c2ccccc2)[C@@H]1O)c1c(Cl)cncc1Cl. The van der Waals surface area contributed by atoms with Crippen LogP contribution in [-0.2, 0) is 4.74 Å². The normalized spacial score (nSPS) is 23.2. The summed E-state index contributed by atoms with van der Waals surface area (Å²) in [5.74, 6) is -1.35. The van der Waals surface area contributed by atoms with E-state index < -0.39 is 36.2 Å². The van der Waals surface area contributed by atoms with Crippen molar-refractivity contribution < 1.29 is 29.7 Å². The Morgan fingerprint density at radius 3 is 2.50 bits per heavy atom. The number of amides is 2. The summed E-state index contributed by atoms with van der Waals surface area (Å²) in [4.78, 5) is 28.4. The number of carbonyl (C=O) groups is 2. The quantitative estimate of drug-likeness (QED) is 0.379. The van der Waals surface area contributed by atoms with Gasteiger partial charge in [-0.1, -0.05) is 41.4 Å². The minimum absolute atomic E-state index is 0.0195. The van der Waals surface area contributed by atoms with Crippen LogP contribution in [0, 0.1) is 0 Å². The molecular weight excluding hydrogens is 437 g/mol. The van der Waals surface area contributed by atoms with Gasteiger partial charge in [-0.25, -0.2) is 5.06 Å². The lowest BCUT2D eigenvalue weighted by Gasteiger charge is -2.29. The molecule has 1 aliphatic rings. The van der Waals surface area contributed by atoms with Crippen LogP contribution in [0.3, 0.4) is 0 Å². The summed E-state index contributed by atoms with van der Waals surface area (Å²) in [7, 11) is 0. The Kier molecular flexibility index (Phi) is 6.91. The predicted molar refractivity (Wildman–Crippen MR) is 107 cm³/mol. The summed E-state index contributed by atoms with van der Waals surface area (Å²) < 4.78 is 5.37. The maximum absolute atomic E-state index is 12.3. The van der Waals surface area contributed by atoms with E-state index in [1.165, 1.54) is 24.5 Å². The van der Waals surface area contributed by atoms with Gasteiger partial charge in [0.25, 0.3) is 11.8 Å². The molecule has 0 saturated carbocycles. The van der Waals surface area contributed by atoms with Gasteiger partial charge in [-0.3, -0.25) is 19.8 Å². The lowest BCUT2D eigenvalue weighted by Crippen LogP contribution is -2.54. The molecule has 1 aromatic carbocycles. The fourth-order valence-corrected chi connectivity index (χ4v) is 3.59. The number of aliphatic hydroxyl groups is 2. The number of benzene rings is 1. The largest absolute Gasteiger partial charge is 0.387 e. The first kappa shape index (κ1) is 22.4. The monoisotopic (exact) mass is 455 g/mol. The number of ether oxygens (including phenoxy) is 1.